The molecule has 114 valence electrons. The Kier molecular flexibility index (Phi) is 4.32. The molecule has 2 saturated carbocycles. The van der Waals surface area contributed by atoms with E-state index in [1.165, 1.54) is 36.8 Å². The van der Waals surface area contributed by atoms with Gasteiger partial charge in [0.15, 0.2) is 0 Å². The van der Waals surface area contributed by atoms with E-state index in [-0.39, 0.29) is 11.9 Å². The summed E-state index contributed by atoms with van der Waals surface area (Å²) in [6.45, 7) is 4.24. The molecule has 4 atom stereocenters. The number of carbonyl (C=O) groups excluding carboxylic acids is 1. The molecule has 0 aliphatic heterocycles. The van der Waals surface area contributed by atoms with E-state index in [2.05, 4.69) is 43.4 Å². The van der Waals surface area contributed by atoms with Crippen LogP contribution in [0.4, 0.5) is 0 Å². The molecular weight excluding hydrogens is 258 g/mol. The summed E-state index contributed by atoms with van der Waals surface area (Å²) in [5.41, 5.74) is 2.49. The lowest BCUT2D eigenvalue weighted by molar-refractivity contribution is -0.123. The minimum Gasteiger partial charge on any atom is -0.349 e. The second-order valence-electron chi connectivity index (χ2n) is 7.08. The summed E-state index contributed by atoms with van der Waals surface area (Å²) in [6, 6.07) is 8.69. The van der Waals surface area contributed by atoms with E-state index in [4.69, 9.17) is 0 Å². The molecule has 1 amide bonds. The Hall–Kier alpha value is -1.31. The molecule has 1 N–H and O–H groups in total. The van der Waals surface area contributed by atoms with Crippen molar-refractivity contribution in [3.8, 4) is 0 Å². The van der Waals surface area contributed by atoms with Crippen LogP contribution in [0.25, 0.3) is 0 Å². The van der Waals surface area contributed by atoms with Crippen molar-refractivity contribution in [3.05, 3.63) is 35.4 Å². The first-order valence-corrected chi connectivity index (χ1v) is 8.51. The van der Waals surface area contributed by atoms with Gasteiger partial charge in [-0.25, -0.2) is 0 Å². The van der Waals surface area contributed by atoms with Gasteiger partial charge in [-0.3, -0.25) is 4.79 Å². The van der Waals surface area contributed by atoms with E-state index in [1.807, 2.05) is 0 Å². The zero-order valence-corrected chi connectivity index (χ0v) is 13.3. The lowest BCUT2D eigenvalue weighted by atomic mass is 9.86. The van der Waals surface area contributed by atoms with Gasteiger partial charge in [-0.15, -0.1) is 0 Å². The number of rotatable bonds is 5. The Morgan fingerprint density at radius 2 is 2.00 bits per heavy atom. The first-order chi connectivity index (χ1) is 10.2. The zero-order valence-electron chi connectivity index (χ0n) is 13.3. The molecule has 0 unspecified atom stereocenters. The van der Waals surface area contributed by atoms with Crippen LogP contribution in [0.15, 0.2) is 24.3 Å². The molecule has 0 spiro atoms. The number of nitrogens with one attached hydrogen (secondary N) is 1. The molecule has 2 fully saturated rings. The maximum absolute atomic E-state index is 12.4. The molecule has 0 radical (unpaired) electrons. The highest BCUT2D eigenvalue weighted by atomic mass is 16.1. The maximum Gasteiger partial charge on any atom is 0.220 e. The second kappa shape index (κ2) is 6.21. The number of hydrogen-bond acceptors (Lipinski definition) is 1. The summed E-state index contributed by atoms with van der Waals surface area (Å²) in [5, 5.41) is 3.25. The van der Waals surface area contributed by atoms with E-state index in [9.17, 15) is 4.79 Å². The molecule has 0 heterocycles. The van der Waals surface area contributed by atoms with Gasteiger partial charge in [0.05, 0.1) is 6.04 Å². The second-order valence-corrected chi connectivity index (χ2v) is 7.08. The molecule has 3 rings (SSSR count). The van der Waals surface area contributed by atoms with Crippen LogP contribution >= 0.6 is 0 Å². The average molecular weight is 285 g/mol. The lowest BCUT2D eigenvalue weighted by Crippen LogP contribution is -2.30. The van der Waals surface area contributed by atoms with Gasteiger partial charge in [0.2, 0.25) is 5.91 Å². The Morgan fingerprint density at radius 3 is 2.57 bits per heavy atom. The van der Waals surface area contributed by atoms with Crippen LogP contribution in [-0.2, 0) is 4.79 Å². The van der Waals surface area contributed by atoms with Crippen LogP contribution in [0, 0.1) is 24.7 Å². The van der Waals surface area contributed by atoms with Crippen molar-refractivity contribution in [2.24, 2.45) is 17.8 Å². The van der Waals surface area contributed by atoms with Crippen molar-refractivity contribution in [3.63, 3.8) is 0 Å². The van der Waals surface area contributed by atoms with Gasteiger partial charge < -0.3 is 5.32 Å². The highest BCUT2D eigenvalue weighted by Gasteiger charge is 2.40. The maximum atomic E-state index is 12.4. The zero-order chi connectivity index (χ0) is 14.8. The van der Waals surface area contributed by atoms with E-state index < -0.39 is 0 Å². The predicted octanol–water partition coefficient (Wildman–Crippen LogP) is 4.39. The first-order valence-electron chi connectivity index (χ1n) is 8.51. The lowest BCUT2D eigenvalue weighted by Gasteiger charge is -2.23. The highest BCUT2D eigenvalue weighted by Crippen LogP contribution is 2.49. The fraction of sp³-hybridized carbons (Fsp3) is 0.632. The van der Waals surface area contributed by atoms with E-state index >= 15 is 0 Å². The minimum absolute atomic E-state index is 0.164. The monoisotopic (exact) mass is 285 g/mol. The number of carbonyl (C=O) groups is 1. The van der Waals surface area contributed by atoms with Crippen LogP contribution in [-0.4, -0.2) is 5.91 Å². The van der Waals surface area contributed by atoms with Crippen molar-refractivity contribution in [2.75, 3.05) is 0 Å². The quantitative estimate of drug-likeness (QED) is 0.854. The summed E-state index contributed by atoms with van der Waals surface area (Å²) in [6.07, 6.45) is 7.13. The van der Waals surface area contributed by atoms with Crippen LogP contribution in [0.5, 0.6) is 0 Å². The van der Waals surface area contributed by atoms with Crippen molar-refractivity contribution < 1.29 is 4.79 Å². The molecule has 2 bridgehead atoms. The topological polar surface area (TPSA) is 29.1 Å². The van der Waals surface area contributed by atoms with E-state index in [0.29, 0.717) is 5.92 Å². The van der Waals surface area contributed by atoms with Gasteiger partial charge >= 0.3 is 0 Å². The third-order valence-electron chi connectivity index (χ3n) is 5.56. The third-order valence-corrected chi connectivity index (χ3v) is 5.56. The average Bonchev–Trinajstić information content (AvgIpc) is 3.08. The molecule has 2 aliphatic carbocycles. The standard InChI is InChI=1S/C19H27NO/c1-3-18(15-7-4-13(2)5-8-15)20-19(21)12-17-11-14-6-9-16(17)10-14/h4-5,7-8,14,16-18H,3,6,9-12H2,1-2H3,(H,20,21)/t14-,16-,17+,18-/m0/s1. The molecule has 2 heteroatoms. The third kappa shape index (κ3) is 3.30. The fourth-order valence-electron chi connectivity index (χ4n) is 4.34. The molecule has 2 aliphatic rings. The van der Waals surface area contributed by atoms with Gasteiger partial charge in [0, 0.05) is 6.42 Å². The van der Waals surface area contributed by atoms with E-state index in [0.717, 1.165) is 24.7 Å². The molecule has 2 nitrogen and oxygen atoms in total. The normalized spacial score (nSPS) is 28.6. The van der Waals surface area contributed by atoms with Crippen molar-refractivity contribution >= 4 is 5.91 Å². The molecular formula is C19H27NO. The smallest absolute Gasteiger partial charge is 0.220 e. The highest BCUT2D eigenvalue weighted by molar-refractivity contribution is 5.76. The van der Waals surface area contributed by atoms with Crippen molar-refractivity contribution in [1.29, 1.82) is 0 Å². The predicted molar refractivity (Wildman–Crippen MR) is 85.9 cm³/mol. The number of fused-ring (bicyclic) bond motifs is 2. The Bertz CT molecular complexity index is 493. The molecule has 0 saturated heterocycles. The van der Waals surface area contributed by atoms with Gasteiger partial charge in [-0.05, 0) is 55.9 Å². The number of hydrogen-bond donors (Lipinski definition) is 1. The SMILES string of the molecule is CC[C@H](NC(=O)C[C@H]1C[C@H]2CC[C@H]1C2)c1ccc(C)cc1. The summed E-state index contributed by atoms with van der Waals surface area (Å²) < 4.78 is 0. The van der Waals surface area contributed by atoms with E-state index in [1.54, 1.807) is 0 Å². The van der Waals surface area contributed by atoms with Gasteiger partial charge in [0.25, 0.3) is 0 Å². The van der Waals surface area contributed by atoms with Gasteiger partial charge in [0.1, 0.15) is 0 Å². The van der Waals surface area contributed by atoms with Crippen LogP contribution in [0.1, 0.15) is 62.6 Å². The number of benzene rings is 1. The summed E-state index contributed by atoms with van der Waals surface area (Å²) in [4.78, 5) is 12.4. The molecule has 0 aromatic heterocycles. The Morgan fingerprint density at radius 1 is 1.24 bits per heavy atom. The van der Waals surface area contributed by atoms with Crippen molar-refractivity contribution in [2.45, 2.75) is 58.4 Å². The van der Waals surface area contributed by atoms with Crippen LogP contribution < -0.4 is 5.32 Å². The fourth-order valence-corrected chi connectivity index (χ4v) is 4.34. The minimum atomic E-state index is 0.164. The van der Waals surface area contributed by atoms with Gasteiger partial charge in [-0.2, -0.15) is 0 Å². The van der Waals surface area contributed by atoms with Crippen LogP contribution in [0.3, 0.4) is 0 Å². The van der Waals surface area contributed by atoms with Crippen LogP contribution in [0.2, 0.25) is 0 Å². The molecule has 1 aromatic rings. The summed E-state index contributed by atoms with van der Waals surface area (Å²) in [5.74, 6) is 2.66. The Balaban J connectivity index is 1.56. The largest absolute Gasteiger partial charge is 0.349 e. The number of aryl methyl sites for hydroxylation is 1. The van der Waals surface area contributed by atoms with Crippen molar-refractivity contribution in [1.82, 2.24) is 5.32 Å². The molecule has 1 aromatic carbocycles. The number of amides is 1. The summed E-state index contributed by atoms with van der Waals surface area (Å²) >= 11 is 0. The molecule has 21 heavy (non-hydrogen) atoms. The first kappa shape index (κ1) is 14.6. The van der Waals surface area contributed by atoms with Gasteiger partial charge in [-0.1, -0.05) is 43.2 Å². The Labute approximate surface area is 128 Å². The summed E-state index contributed by atoms with van der Waals surface area (Å²) in [7, 11) is 0.